The maximum absolute atomic E-state index is 13.2. The third-order valence-electron chi connectivity index (χ3n) is 3.19. The lowest BCUT2D eigenvalue weighted by atomic mass is 10.1. The van der Waals surface area contributed by atoms with Crippen LogP contribution in [0.25, 0.3) is 0 Å². The molecule has 1 aliphatic heterocycles. The number of imide groups is 1. The number of carbonyl (C=O) groups excluding carboxylic acids is 2. The lowest BCUT2D eigenvalue weighted by molar-refractivity contribution is 0.0926. The van der Waals surface area contributed by atoms with Gasteiger partial charge in [-0.1, -0.05) is 12.1 Å². The summed E-state index contributed by atoms with van der Waals surface area (Å²) < 4.78 is 26.5. The highest BCUT2D eigenvalue weighted by molar-refractivity contribution is 6.34. The first-order valence-corrected chi connectivity index (χ1v) is 5.91. The van der Waals surface area contributed by atoms with Gasteiger partial charge in [0.2, 0.25) is 0 Å². The second-order valence-corrected chi connectivity index (χ2v) is 4.39. The van der Waals surface area contributed by atoms with Gasteiger partial charge >= 0.3 is 0 Å². The third kappa shape index (κ3) is 1.79. The summed E-state index contributed by atoms with van der Waals surface area (Å²) in [6, 6.07) is 9.26. The first kappa shape index (κ1) is 12.9. The van der Waals surface area contributed by atoms with Gasteiger partial charge < -0.3 is 0 Å². The molecule has 0 radical (unpaired) electrons. The maximum Gasteiger partial charge on any atom is 0.266 e. The molecule has 4 nitrogen and oxygen atoms in total. The van der Waals surface area contributed by atoms with Gasteiger partial charge in [0.1, 0.15) is 6.07 Å². The minimum atomic E-state index is -1.20. The fourth-order valence-corrected chi connectivity index (χ4v) is 2.22. The lowest BCUT2D eigenvalue weighted by Gasteiger charge is -2.14. The van der Waals surface area contributed by atoms with E-state index in [0.29, 0.717) is 12.1 Å². The number of nitriles is 1. The predicted molar refractivity (Wildman–Crippen MR) is 68.7 cm³/mol. The largest absolute Gasteiger partial charge is 0.268 e. The molecule has 1 aliphatic rings. The molecule has 0 bridgehead atoms. The highest BCUT2D eigenvalue weighted by Gasteiger charge is 2.38. The highest BCUT2D eigenvalue weighted by atomic mass is 19.2. The van der Waals surface area contributed by atoms with Gasteiger partial charge in [0.05, 0.1) is 22.4 Å². The van der Waals surface area contributed by atoms with Crippen LogP contribution in [-0.4, -0.2) is 11.8 Å². The van der Waals surface area contributed by atoms with Crippen LogP contribution >= 0.6 is 0 Å². The second kappa shape index (κ2) is 4.49. The number of benzene rings is 2. The van der Waals surface area contributed by atoms with Crippen LogP contribution in [0.4, 0.5) is 14.5 Å². The molecule has 0 fully saturated rings. The Morgan fingerprint density at radius 2 is 1.48 bits per heavy atom. The number of nitrogens with zero attached hydrogens (tertiary/aromatic N) is 2. The molecule has 2 amide bonds. The van der Waals surface area contributed by atoms with Crippen molar-refractivity contribution in [3.63, 3.8) is 0 Å². The molecule has 2 aromatic carbocycles. The third-order valence-corrected chi connectivity index (χ3v) is 3.19. The molecule has 0 saturated carbocycles. The van der Waals surface area contributed by atoms with E-state index in [1.54, 1.807) is 12.1 Å². The Morgan fingerprint density at radius 1 is 0.952 bits per heavy atom. The average molecular weight is 284 g/mol. The molecule has 3 rings (SSSR count). The molecule has 0 unspecified atom stereocenters. The van der Waals surface area contributed by atoms with E-state index >= 15 is 0 Å². The summed E-state index contributed by atoms with van der Waals surface area (Å²) in [7, 11) is 0. The van der Waals surface area contributed by atoms with Crippen LogP contribution in [0.3, 0.4) is 0 Å². The molecule has 6 heteroatoms. The molecule has 1 heterocycles. The van der Waals surface area contributed by atoms with Gasteiger partial charge in [-0.05, 0) is 24.3 Å². The highest BCUT2D eigenvalue weighted by Crippen LogP contribution is 2.31. The zero-order valence-corrected chi connectivity index (χ0v) is 10.4. The summed E-state index contributed by atoms with van der Waals surface area (Å²) in [5.41, 5.74) is -0.224. The summed E-state index contributed by atoms with van der Waals surface area (Å²) in [4.78, 5) is 25.2. The summed E-state index contributed by atoms with van der Waals surface area (Å²) in [6.07, 6.45) is 0. The number of carbonyl (C=O) groups is 2. The molecule has 102 valence electrons. The van der Waals surface area contributed by atoms with Crippen molar-refractivity contribution in [1.29, 1.82) is 5.26 Å². The quantitative estimate of drug-likeness (QED) is 0.756. The number of rotatable bonds is 1. The second-order valence-electron chi connectivity index (χ2n) is 4.39. The maximum atomic E-state index is 13.2. The molecule has 0 spiro atoms. The van der Waals surface area contributed by atoms with Crippen molar-refractivity contribution >= 4 is 17.5 Å². The minimum absolute atomic E-state index is 0.0898. The number of fused-ring (bicyclic) bond motifs is 1. The number of amides is 2. The van der Waals surface area contributed by atoms with E-state index in [9.17, 15) is 18.4 Å². The predicted octanol–water partition coefficient (Wildman–Crippen LogP) is 2.64. The number of para-hydroxylation sites is 1. The van der Waals surface area contributed by atoms with E-state index in [1.807, 2.05) is 6.07 Å². The van der Waals surface area contributed by atoms with E-state index in [-0.39, 0.29) is 22.4 Å². The molecule has 0 aromatic heterocycles. The van der Waals surface area contributed by atoms with Gasteiger partial charge in [0.25, 0.3) is 11.8 Å². The van der Waals surface area contributed by atoms with Gasteiger partial charge in [0.15, 0.2) is 11.6 Å². The van der Waals surface area contributed by atoms with Crippen LogP contribution in [-0.2, 0) is 0 Å². The van der Waals surface area contributed by atoms with E-state index in [4.69, 9.17) is 5.26 Å². The molecule has 0 aliphatic carbocycles. The van der Waals surface area contributed by atoms with Crippen LogP contribution in [0.5, 0.6) is 0 Å². The zero-order chi connectivity index (χ0) is 15.1. The van der Waals surface area contributed by atoms with Gasteiger partial charge in [-0.15, -0.1) is 0 Å². The van der Waals surface area contributed by atoms with Gasteiger partial charge in [0, 0.05) is 0 Å². The SMILES string of the molecule is N#Cc1ccccc1N1C(=O)c2cc(F)c(F)cc2C1=O. The molecule has 21 heavy (non-hydrogen) atoms. The van der Waals surface area contributed by atoms with Crippen LogP contribution < -0.4 is 4.90 Å². The van der Waals surface area contributed by atoms with Crippen molar-refractivity contribution in [2.24, 2.45) is 0 Å². The Balaban J connectivity index is 2.19. The first-order valence-electron chi connectivity index (χ1n) is 5.91. The van der Waals surface area contributed by atoms with Crippen molar-refractivity contribution in [3.05, 3.63) is 64.7 Å². The van der Waals surface area contributed by atoms with Crippen molar-refractivity contribution in [2.75, 3.05) is 4.90 Å². The van der Waals surface area contributed by atoms with Gasteiger partial charge in [-0.25, -0.2) is 13.7 Å². The van der Waals surface area contributed by atoms with Crippen molar-refractivity contribution < 1.29 is 18.4 Å². The van der Waals surface area contributed by atoms with E-state index in [2.05, 4.69) is 0 Å². The minimum Gasteiger partial charge on any atom is -0.268 e. The van der Waals surface area contributed by atoms with Gasteiger partial charge in [-0.3, -0.25) is 9.59 Å². The average Bonchev–Trinajstić information content (AvgIpc) is 2.71. The smallest absolute Gasteiger partial charge is 0.266 e. The Hall–Kier alpha value is -3.07. The lowest BCUT2D eigenvalue weighted by Crippen LogP contribution is -2.30. The fraction of sp³-hybridized carbons (Fsp3) is 0. The molecular weight excluding hydrogens is 278 g/mol. The standard InChI is InChI=1S/C15H6F2N2O2/c16-11-5-9-10(6-12(11)17)15(21)19(14(9)20)13-4-2-1-3-8(13)7-18/h1-6H. The Kier molecular flexibility index (Phi) is 2.77. The van der Waals surface area contributed by atoms with Gasteiger partial charge in [-0.2, -0.15) is 5.26 Å². The number of hydrogen-bond acceptors (Lipinski definition) is 3. The Labute approximate surface area is 117 Å². The van der Waals surface area contributed by atoms with E-state index in [1.165, 1.54) is 12.1 Å². The molecule has 0 saturated heterocycles. The van der Waals surface area contributed by atoms with Crippen LogP contribution in [0, 0.1) is 23.0 Å². The normalized spacial score (nSPS) is 13.3. The summed E-state index contributed by atoms with van der Waals surface area (Å²) in [5, 5.41) is 9.04. The number of hydrogen-bond donors (Lipinski definition) is 0. The van der Waals surface area contributed by atoms with Crippen molar-refractivity contribution in [3.8, 4) is 6.07 Å². The fourth-order valence-electron chi connectivity index (χ4n) is 2.22. The molecule has 0 N–H and O–H groups in total. The number of halogens is 2. The van der Waals surface area contributed by atoms with Crippen molar-refractivity contribution in [2.45, 2.75) is 0 Å². The summed E-state index contributed by atoms with van der Waals surface area (Å²) >= 11 is 0. The van der Waals surface area contributed by atoms with Crippen LogP contribution in [0.2, 0.25) is 0 Å². The topological polar surface area (TPSA) is 61.2 Å². The van der Waals surface area contributed by atoms with Crippen LogP contribution in [0.1, 0.15) is 26.3 Å². The Bertz CT molecular complexity index is 799. The van der Waals surface area contributed by atoms with Crippen molar-refractivity contribution in [1.82, 2.24) is 0 Å². The monoisotopic (exact) mass is 284 g/mol. The number of anilines is 1. The van der Waals surface area contributed by atoms with Crippen LogP contribution in [0.15, 0.2) is 36.4 Å². The summed E-state index contributed by atoms with van der Waals surface area (Å²) in [6.45, 7) is 0. The zero-order valence-electron chi connectivity index (χ0n) is 10.4. The van der Waals surface area contributed by atoms with E-state index < -0.39 is 23.4 Å². The molecule has 2 aromatic rings. The molecule has 0 atom stereocenters. The molecular formula is C15H6F2N2O2. The first-order chi connectivity index (χ1) is 10.0. The Morgan fingerprint density at radius 3 is 2.00 bits per heavy atom. The summed E-state index contributed by atoms with van der Waals surface area (Å²) in [5.74, 6) is -3.97. The van der Waals surface area contributed by atoms with E-state index in [0.717, 1.165) is 4.90 Å².